The average molecular weight is 268 g/mol. The maximum Gasteiger partial charge on any atom is 0.0125 e. The van der Waals surface area contributed by atoms with Gasteiger partial charge in [-0.15, -0.1) is 0 Å². The highest BCUT2D eigenvalue weighted by atomic mass is 15.2. The lowest BCUT2D eigenvalue weighted by Gasteiger charge is -2.43. The fourth-order valence-electron chi connectivity index (χ4n) is 3.85. The van der Waals surface area contributed by atoms with Crippen LogP contribution in [-0.2, 0) is 0 Å². The molecular formula is C18H37N. The number of rotatable bonds is 0. The van der Waals surface area contributed by atoms with Crippen molar-refractivity contribution in [3.8, 4) is 0 Å². The van der Waals surface area contributed by atoms with Gasteiger partial charge in [0.15, 0.2) is 0 Å². The Bertz CT molecular complexity index is 260. The van der Waals surface area contributed by atoms with Crippen molar-refractivity contribution in [3.63, 3.8) is 0 Å². The Hall–Kier alpha value is -0.0400. The minimum Gasteiger partial charge on any atom is -0.298 e. The van der Waals surface area contributed by atoms with E-state index in [0.29, 0.717) is 16.4 Å². The SMILES string of the molecule is CC(C)(C)C1CCN(C(C)(C)C)CCC1C(C)(C)C. The first kappa shape index (κ1) is 17.0. The Morgan fingerprint density at radius 3 is 1.16 bits per heavy atom. The molecule has 0 bridgehead atoms. The summed E-state index contributed by atoms with van der Waals surface area (Å²) in [6.45, 7) is 24.2. The summed E-state index contributed by atoms with van der Waals surface area (Å²) in [5.41, 5.74) is 1.16. The molecule has 19 heavy (non-hydrogen) atoms. The molecule has 0 amide bonds. The molecule has 1 heterocycles. The third-order valence-electron chi connectivity index (χ3n) is 5.08. The number of likely N-dealkylation sites (tertiary alicyclic amines) is 1. The number of nitrogens with zero attached hydrogens (tertiary/aromatic N) is 1. The van der Waals surface area contributed by atoms with Gasteiger partial charge in [-0.1, -0.05) is 41.5 Å². The molecule has 0 saturated carbocycles. The van der Waals surface area contributed by atoms with Gasteiger partial charge in [-0.25, -0.2) is 0 Å². The molecule has 0 N–H and O–H groups in total. The first-order valence-electron chi connectivity index (χ1n) is 8.08. The van der Waals surface area contributed by atoms with Crippen LogP contribution in [-0.4, -0.2) is 23.5 Å². The highest BCUT2D eigenvalue weighted by Gasteiger charge is 2.41. The van der Waals surface area contributed by atoms with Crippen LogP contribution in [0.3, 0.4) is 0 Å². The van der Waals surface area contributed by atoms with Gasteiger partial charge in [0.1, 0.15) is 0 Å². The fourth-order valence-corrected chi connectivity index (χ4v) is 3.85. The second-order valence-corrected chi connectivity index (χ2v) is 9.68. The van der Waals surface area contributed by atoms with E-state index < -0.39 is 0 Å². The predicted octanol–water partition coefficient (Wildman–Crippen LogP) is 5.21. The third-order valence-corrected chi connectivity index (χ3v) is 5.08. The van der Waals surface area contributed by atoms with Crippen LogP contribution in [0.2, 0.25) is 0 Å². The van der Waals surface area contributed by atoms with Crippen LogP contribution >= 0.6 is 0 Å². The second kappa shape index (κ2) is 5.39. The minimum absolute atomic E-state index is 0.315. The maximum absolute atomic E-state index is 2.69. The summed E-state index contributed by atoms with van der Waals surface area (Å²) in [4.78, 5) is 2.69. The molecule has 0 aromatic carbocycles. The highest BCUT2D eigenvalue weighted by molar-refractivity contribution is 4.92. The van der Waals surface area contributed by atoms with Gasteiger partial charge in [0.25, 0.3) is 0 Å². The molecule has 1 heteroatoms. The smallest absolute Gasteiger partial charge is 0.0125 e. The van der Waals surface area contributed by atoms with Gasteiger partial charge in [0, 0.05) is 5.54 Å². The van der Waals surface area contributed by atoms with Crippen LogP contribution < -0.4 is 0 Å². The molecule has 1 aliphatic heterocycles. The van der Waals surface area contributed by atoms with E-state index in [1.54, 1.807) is 0 Å². The minimum atomic E-state index is 0.315. The quantitative estimate of drug-likeness (QED) is 0.582. The van der Waals surface area contributed by atoms with Gasteiger partial charge in [-0.3, -0.25) is 4.90 Å². The fraction of sp³-hybridized carbons (Fsp3) is 1.00. The van der Waals surface area contributed by atoms with Crippen molar-refractivity contribution < 1.29 is 0 Å². The van der Waals surface area contributed by atoms with Gasteiger partial charge in [0.05, 0.1) is 0 Å². The Kier molecular flexibility index (Phi) is 4.83. The van der Waals surface area contributed by atoms with Gasteiger partial charge < -0.3 is 0 Å². The maximum atomic E-state index is 2.69. The van der Waals surface area contributed by atoms with Gasteiger partial charge in [-0.2, -0.15) is 0 Å². The van der Waals surface area contributed by atoms with Crippen molar-refractivity contribution >= 4 is 0 Å². The summed E-state index contributed by atoms with van der Waals surface area (Å²) >= 11 is 0. The molecule has 1 rings (SSSR count). The molecule has 114 valence electrons. The van der Waals surface area contributed by atoms with E-state index >= 15 is 0 Å². The lowest BCUT2D eigenvalue weighted by molar-refractivity contribution is 0.0684. The van der Waals surface area contributed by atoms with Crippen LogP contribution in [0.15, 0.2) is 0 Å². The van der Waals surface area contributed by atoms with Gasteiger partial charge >= 0.3 is 0 Å². The largest absolute Gasteiger partial charge is 0.298 e. The van der Waals surface area contributed by atoms with Crippen LogP contribution in [0.25, 0.3) is 0 Å². The van der Waals surface area contributed by atoms with Crippen LogP contribution in [0.5, 0.6) is 0 Å². The van der Waals surface area contributed by atoms with Crippen LogP contribution in [0.1, 0.15) is 75.2 Å². The normalized spacial score (nSPS) is 28.3. The van der Waals surface area contributed by atoms with Crippen molar-refractivity contribution in [2.24, 2.45) is 22.7 Å². The van der Waals surface area contributed by atoms with Gasteiger partial charge in [-0.05, 0) is 69.4 Å². The second-order valence-electron chi connectivity index (χ2n) is 9.68. The van der Waals surface area contributed by atoms with Crippen molar-refractivity contribution in [3.05, 3.63) is 0 Å². The molecule has 0 aromatic heterocycles. The predicted molar refractivity (Wildman–Crippen MR) is 86.5 cm³/mol. The first-order valence-corrected chi connectivity index (χ1v) is 8.08. The zero-order chi connectivity index (χ0) is 15.1. The number of hydrogen-bond donors (Lipinski definition) is 0. The molecule has 0 aromatic rings. The van der Waals surface area contributed by atoms with E-state index in [2.05, 4.69) is 67.2 Å². The zero-order valence-corrected chi connectivity index (χ0v) is 14.9. The van der Waals surface area contributed by atoms with Crippen LogP contribution in [0.4, 0.5) is 0 Å². The Balaban J connectivity index is 2.96. The standard InChI is InChI=1S/C18H37N/c1-16(2,3)14-10-12-19(18(7,8)9)13-11-15(14)17(4,5)6/h14-15H,10-13H2,1-9H3. The molecule has 0 aliphatic carbocycles. The summed E-state index contributed by atoms with van der Waals surface area (Å²) in [5, 5.41) is 0. The van der Waals surface area contributed by atoms with E-state index in [1.165, 1.54) is 25.9 Å². The molecule has 1 nitrogen and oxygen atoms in total. The summed E-state index contributed by atoms with van der Waals surface area (Å²) < 4.78 is 0. The Labute approximate surface area is 122 Å². The topological polar surface area (TPSA) is 3.24 Å². The first-order chi connectivity index (χ1) is 8.33. The van der Waals surface area contributed by atoms with Crippen molar-refractivity contribution in [1.29, 1.82) is 0 Å². The molecular weight excluding hydrogens is 230 g/mol. The van der Waals surface area contributed by atoms with Crippen molar-refractivity contribution in [2.45, 2.75) is 80.7 Å². The highest BCUT2D eigenvalue weighted by Crippen LogP contribution is 2.46. The Morgan fingerprint density at radius 2 is 0.947 bits per heavy atom. The molecule has 1 saturated heterocycles. The van der Waals surface area contributed by atoms with E-state index in [0.717, 1.165) is 11.8 Å². The average Bonchev–Trinajstić information content (AvgIpc) is 2.35. The molecule has 1 fully saturated rings. The van der Waals surface area contributed by atoms with E-state index in [1.807, 2.05) is 0 Å². The molecule has 0 radical (unpaired) electrons. The third kappa shape index (κ3) is 4.48. The summed E-state index contributed by atoms with van der Waals surface area (Å²) in [6, 6.07) is 0. The van der Waals surface area contributed by atoms with E-state index in [-0.39, 0.29) is 0 Å². The monoisotopic (exact) mass is 267 g/mol. The van der Waals surface area contributed by atoms with E-state index in [4.69, 9.17) is 0 Å². The molecule has 0 spiro atoms. The van der Waals surface area contributed by atoms with E-state index in [9.17, 15) is 0 Å². The van der Waals surface area contributed by atoms with Crippen molar-refractivity contribution in [2.75, 3.05) is 13.1 Å². The lowest BCUT2D eigenvalue weighted by Crippen LogP contribution is -2.42. The van der Waals surface area contributed by atoms with Gasteiger partial charge in [0.2, 0.25) is 0 Å². The summed E-state index contributed by atoms with van der Waals surface area (Å²) in [7, 11) is 0. The number of hydrogen-bond acceptors (Lipinski definition) is 1. The van der Waals surface area contributed by atoms with Crippen LogP contribution in [0, 0.1) is 22.7 Å². The van der Waals surface area contributed by atoms with Crippen molar-refractivity contribution in [1.82, 2.24) is 4.90 Å². The Morgan fingerprint density at radius 1 is 0.632 bits per heavy atom. The molecule has 2 atom stereocenters. The molecule has 2 unspecified atom stereocenters. The zero-order valence-electron chi connectivity index (χ0n) is 14.9. The summed E-state index contributed by atoms with van der Waals surface area (Å²) in [5.74, 6) is 1.67. The summed E-state index contributed by atoms with van der Waals surface area (Å²) in [6.07, 6.45) is 2.70. The molecule has 1 aliphatic rings. The lowest BCUT2D eigenvalue weighted by atomic mass is 9.62.